The molecule has 4 aromatic rings. The minimum atomic E-state index is -5.12. The van der Waals surface area contributed by atoms with Gasteiger partial charge >= 0.3 is 21.3 Å². The van der Waals surface area contributed by atoms with Crippen molar-refractivity contribution >= 4 is 43.9 Å². The molecule has 0 bridgehead atoms. The van der Waals surface area contributed by atoms with E-state index in [2.05, 4.69) is 24.9 Å². The third kappa shape index (κ3) is 5.33. The molecular weight excluding hydrogens is 668 g/mol. The summed E-state index contributed by atoms with van der Waals surface area (Å²) < 4.78 is 60.3. The van der Waals surface area contributed by atoms with Gasteiger partial charge in [-0.15, -0.1) is 0 Å². The van der Waals surface area contributed by atoms with Crippen LogP contribution in [-0.4, -0.2) is 109 Å². The highest BCUT2D eigenvalue weighted by Crippen LogP contribution is 2.53. The Bertz CT molecular complexity index is 2110. The second kappa shape index (κ2) is 11.0. The molecule has 24 nitrogen and oxygen atoms in total. The second-order valence-electron chi connectivity index (χ2n) is 10.3. The van der Waals surface area contributed by atoms with Crippen molar-refractivity contribution < 1.29 is 56.7 Å². The Morgan fingerprint density at radius 3 is 1.93 bits per heavy atom. The maximum atomic E-state index is 13.1. The van der Waals surface area contributed by atoms with Gasteiger partial charge in [0.1, 0.15) is 42.3 Å². The molecule has 46 heavy (non-hydrogen) atoms. The fourth-order valence-corrected chi connectivity index (χ4v) is 7.33. The third-order valence-electron chi connectivity index (χ3n) is 7.40. The summed E-state index contributed by atoms with van der Waals surface area (Å²) in [5.41, 5.74) is 2.44. The number of nitrogens with one attached hydrogen (secondary N) is 3. The molecule has 248 valence electrons. The van der Waals surface area contributed by atoms with Crippen LogP contribution in [0, 0.1) is 0 Å². The third-order valence-corrected chi connectivity index (χ3v) is 9.37. The van der Waals surface area contributed by atoms with Crippen molar-refractivity contribution in [3.63, 3.8) is 0 Å². The number of rotatable bonds is 2. The fraction of sp³-hybridized carbons (Fsp3) is 0.500. The predicted octanol–water partition coefficient (Wildman–Crippen LogP) is -3.34. The van der Waals surface area contributed by atoms with Crippen molar-refractivity contribution in [1.82, 2.24) is 39.0 Å². The first-order valence-corrected chi connectivity index (χ1v) is 16.1. The average Bonchev–Trinajstić information content (AvgIpc) is 3.72. The number of phosphoric ester groups is 2. The van der Waals surface area contributed by atoms with E-state index in [0.29, 0.717) is 0 Å². The van der Waals surface area contributed by atoms with Crippen LogP contribution in [-0.2, 0) is 36.7 Å². The number of nitrogens with zero attached hydrogens (tertiary/aromatic N) is 5. The number of imidazole rings is 2. The largest absolute Gasteiger partial charge is 0.472 e. The first-order chi connectivity index (χ1) is 21.7. The van der Waals surface area contributed by atoms with Crippen molar-refractivity contribution in [2.75, 3.05) is 18.9 Å². The van der Waals surface area contributed by atoms with Crippen LogP contribution in [0.2, 0.25) is 0 Å². The number of phosphoric acid groups is 2. The zero-order chi connectivity index (χ0) is 32.7. The van der Waals surface area contributed by atoms with Crippen molar-refractivity contribution in [1.29, 1.82) is 0 Å². The zero-order valence-electron chi connectivity index (χ0n) is 22.7. The summed E-state index contributed by atoms with van der Waals surface area (Å²) in [6.45, 7) is -1.78. The zero-order valence-corrected chi connectivity index (χ0v) is 24.5. The van der Waals surface area contributed by atoms with E-state index in [1.54, 1.807) is 0 Å². The quantitative estimate of drug-likeness (QED) is 0.0952. The normalized spacial score (nSPS) is 37.1. The number of aromatic nitrogens is 8. The summed E-state index contributed by atoms with van der Waals surface area (Å²) in [5, 5.41) is 22.2. The molecule has 0 saturated carbocycles. The molecule has 0 amide bonds. The van der Waals surface area contributed by atoms with E-state index >= 15 is 0 Å². The van der Waals surface area contributed by atoms with Crippen molar-refractivity contribution in [2.45, 2.75) is 49.1 Å². The summed E-state index contributed by atoms with van der Waals surface area (Å²) >= 11 is 0. The number of H-pyrrole nitrogens is 3. The molecule has 7 rings (SSSR count). The van der Waals surface area contributed by atoms with Crippen LogP contribution < -0.4 is 22.5 Å². The first-order valence-electron chi connectivity index (χ1n) is 13.1. The molecule has 0 radical (unpaired) electrons. The van der Waals surface area contributed by atoms with E-state index in [1.165, 1.54) is 0 Å². The average molecular weight is 691 g/mol. The highest BCUT2D eigenvalue weighted by atomic mass is 31.2. The maximum Gasteiger partial charge on any atom is 0.472 e. The minimum absolute atomic E-state index is 0.129. The number of nitrogens with two attached hydrogens (primary N) is 1. The van der Waals surface area contributed by atoms with Crippen LogP contribution >= 0.6 is 15.6 Å². The molecule has 10 atom stereocenters. The van der Waals surface area contributed by atoms with Crippen molar-refractivity contribution in [2.24, 2.45) is 0 Å². The highest BCUT2D eigenvalue weighted by Gasteiger charge is 2.54. The first kappa shape index (κ1) is 31.0. The van der Waals surface area contributed by atoms with Crippen LogP contribution in [0.1, 0.15) is 12.5 Å². The Balaban J connectivity index is 1.18. The number of ether oxygens (including phenoxy) is 2. The van der Waals surface area contributed by atoms with Gasteiger partial charge in [-0.05, 0) is 0 Å². The van der Waals surface area contributed by atoms with E-state index in [-0.39, 0.29) is 28.3 Å². The topological polar surface area (TPSA) is 344 Å². The Hall–Kier alpha value is -3.64. The number of aliphatic hydroxyl groups is 2. The lowest BCUT2D eigenvalue weighted by Gasteiger charge is -2.27. The van der Waals surface area contributed by atoms with Gasteiger partial charge < -0.3 is 35.2 Å². The van der Waals surface area contributed by atoms with Crippen molar-refractivity contribution in [3.05, 3.63) is 43.8 Å². The smallest absolute Gasteiger partial charge is 0.386 e. The Labute approximate surface area is 251 Å². The summed E-state index contributed by atoms with van der Waals surface area (Å²) in [6.07, 6.45) is -11.2. The molecule has 0 spiro atoms. The molecule has 0 aliphatic carbocycles. The minimum Gasteiger partial charge on any atom is -0.386 e. The molecule has 7 heterocycles. The second-order valence-corrected chi connectivity index (χ2v) is 13.1. The summed E-state index contributed by atoms with van der Waals surface area (Å²) in [7, 11) is -10.2. The van der Waals surface area contributed by atoms with Gasteiger partial charge in [-0.1, -0.05) is 0 Å². The van der Waals surface area contributed by atoms with E-state index < -0.39 is 94.7 Å². The van der Waals surface area contributed by atoms with Gasteiger partial charge in [0.25, 0.3) is 11.1 Å². The number of hydrogen-bond acceptors (Lipinski definition) is 17. The van der Waals surface area contributed by atoms with Crippen molar-refractivity contribution in [3.8, 4) is 0 Å². The summed E-state index contributed by atoms with van der Waals surface area (Å²) in [6, 6.07) is 0. The Kier molecular flexibility index (Phi) is 7.39. The molecule has 4 aromatic heterocycles. The lowest BCUT2D eigenvalue weighted by Crippen LogP contribution is -2.39. The van der Waals surface area contributed by atoms with Crippen LogP contribution in [0.3, 0.4) is 0 Å². The SMILES string of the molecule is Nc1nc2c(ncn2[C@@H]2O[C@@H]3COP(=O)(O)OC4C(O)[C@H](n5cnc6c(=O)[nH]c(=O)[nH]c65)O[C@@H]4COP(=O)(O)OC3C2O)c(=O)[nH]1. The highest BCUT2D eigenvalue weighted by molar-refractivity contribution is 7.47. The molecule has 9 N–H and O–H groups in total. The molecule has 3 aliphatic rings. The maximum absolute atomic E-state index is 13.1. The van der Waals surface area contributed by atoms with E-state index in [4.69, 9.17) is 33.3 Å². The number of fused-ring (bicyclic) bond motifs is 4. The molecule has 3 aliphatic heterocycles. The fourth-order valence-electron chi connectivity index (χ4n) is 5.41. The van der Waals surface area contributed by atoms with Gasteiger partial charge in [0.2, 0.25) is 5.95 Å². The van der Waals surface area contributed by atoms with Crippen LogP contribution in [0.5, 0.6) is 0 Å². The molecule has 26 heteroatoms. The lowest BCUT2D eigenvalue weighted by molar-refractivity contribution is -0.0664. The van der Waals surface area contributed by atoms with Crippen LogP contribution in [0.4, 0.5) is 5.95 Å². The summed E-state index contributed by atoms with van der Waals surface area (Å²) in [4.78, 5) is 75.6. The Morgan fingerprint density at radius 1 is 0.804 bits per heavy atom. The van der Waals surface area contributed by atoms with Gasteiger partial charge in [-0.2, -0.15) is 4.98 Å². The monoisotopic (exact) mass is 691 g/mol. The number of nitrogen functional groups attached to an aromatic ring is 1. The molecule has 3 fully saturated rings. The standard InChI is InChI=1S/C20H23N9O15P2/c21-19-24-13-7(15(32)26-19)22-3-28(13)17-9(30)11-5(41-17)1-39-46(37,38)44-12-6(2-40-45(35,36)43-11)42-18(10(12)31)29-4-23-8-14(29)25-20(34)27-16(8)33/h3-6,9-12,17-18,30-31H,1-2H2,(H,35,36)(H,37,38)(H3,21,24,26,32)(H2,25,27,33,34)/t5-,6-,9?,10?,11?,12?,17-,18-/m1/s1. The van der Waals surface area contributed by atoms with Gasteiger partial charge in [0, 0.05) is 0 Å². The van der Waals surface area contributed by atoms with Gasteiger partial charge in [0.15, 0.2) is 29.1 Å². The number of anilines is 1. The van der Waals surface area contributed by atoms with Crippen LogP contribution in [0.15, 0.2) is 27.0 Å². The van der Waals surface area contributed by atoms with Crippen LogP contribution in [0.25, 0.3) is 22.3 Å². The van der Waals surface area contributed by atoms with E-state index in [0.717, 1.165) is 21.8 Å². The number of hydrogen-bond donors (Lipinski definition) is 8. The van der Waals surface area contributed by atoms with E-state index in [1.807, 2.05) is 4.98 Å². The molecule has 3 saturated heterocycles. The molecule has 0 aromatic carbocycles. The van der Waals surface area contributed by atoms with Gasteiger partial charge in [-0.3, -0.25) is 51.8 Å². The van der Waals surface area contributed by atoms with E-state index in [9.17, 15) is 43.5 Å². The lowest BCUT2D eigenvalue weighted by atomic mass is 10.1. The number of aromatic amines is 3. The van der Waals surface area contributed by atoms with Gasteiger partial charge in [-0.25, -0.2) is 23.9 Å². The number of aliphatic hydroxyl groups excluding tert-OH is 2. The predicted molar refractivity (Wildman–Crippen MR) is 145 cm³/mol. The molecule has 6 unspecified atom stereocenters. The molecular formula is C20H23N9O15P2. The summed E-state index contributed by atoms with van der Waals surface area (Å²) in [5.74, 6) is -0.287. The Morgan fingerprint density at radius 2 is 1.33 bits per heavy atom. The van der Waals surface area contributed by atoms with Gasteiger partial charge in [0.05, 0.1) is 25.9 Å².